The van der Waals surface area contributed by atoms with Crippen LogP contribution < -0.4 is 5.32 Å². The van der Waals surface area contributed by atoms with Gasteiger partial charge in [0, 0.05) is 23.5 Å². The zero-order chi connectivity index (χ0) is 15.1. The molecule has 0 saturated carbocycles. The molecular formula is C11H11F2N2O4P. The van der Waals surface area contributed by atoms with Crippen molar-refractivity contribution in [2.24, 2.45) is 0 Å². The van der Waals surface area contributed by atoms with E-state index in [9.17, 15) is 18.1 Å². The molecule has 0 fully saturated rings. The summed E-state index contributed by atoms with van der Waals surface area (Å²) in [5.41, 5.74) is -4.50. The molecule has 2 rings (SSSR count). The summed E-state index contributed by atoms with van der Waals surface area (Å²) >= 11 is 0. The number of H-pyrrole nitrogens is 1. The Morgan fingerprint density at radius 1 is 1.35 bits per heavy atom. The number of nitrogens with one attached hydrogen (secondary N) is 2. The van der Waals surface area contributed by atoms with Gasteiger partial charge in [0.05, 0.1) is 0 Å². The molecule has 0 saturated heterocycles. The summed E-state index contributed by atoms with van der Waals surface area (Å²) in [6.07, 6.45) is 0. The van der Waals surface area contributed by atoms with Gasteiger partial charge in [0.1, 0.15) is 5.69 Å². The highest BCUT2D eigenvalue weighted by atomic mass is 31.2. The molecule has 108 valence electrons. The van der Waals surface area contributed by atoms with Crippen molar-refractivity contribution in [1.29, 1.82) is 0 Å². The molecule has 1 aromatic carbocycles. The van der Waals surface area contributed by atoms with Gasteiger partial charge >= 0.3 is 13.3 Å². The van der Waals surface area contributed by atoms with Gasteiger partial charge in [-0.2, -0.15) is 8.78 Å². The summed E-state index contributed by atoms with van der Waals surface area (Å²) in [6.45, 7) is 0. The van der Waals surface area contributed by atoms with Gasteiger partial charge in [-0.1, -0.05) is 6.07 Å². The lowest BCUT2D eigenvalue weighted by Crippen LogP contribution is -2.17. The number of carbonyl (C=O) groups is 1. The van der Waals surface area contributed by atoms with Gasteiger partial charge in [0.25, 0.3) is 5.91 Å². The predicted molar refractivity (Wildman–Crippen MR) is 67.6 cm³/mol. The van der Waals surface area contributed by atoms with E-state index < -0.39 is 24.7 Å². The van der Waals surface area contributed by atoms with E-state index in [2.05, 4.69) is 10.3 Å². The van der Waals surface area contributed by atoms with Crippen LogP contribution in [-0.4, -0.2) is 27.7 Å². The Morgan fingerprint density at radius 3 is 2.55 bits per heavy atom. The number of fused-ring (bicyclic) bond motifs is 1. The fourth-order valence-corrected chi connectivity index (χ4v) is 2.22. The Labute approximate surface area is 112 Å². The summed E-state index contributed by atoms with van der Waals surface area (Å²) in [4.78, 5) is 31.5. The van der Waals surface area contributed by atoms with Crippen LogP contribution in [0.25, 0.3) is 10.9 Å². The van der Waals surface area contributed by atoms with Crippen molar-refractivity contribution in [2.75, 3.05) is 7.05 Å². The van der Waals surface area contributed by atoms with Crippen LogP contribution in [0.3, 0.4) is 0 Å². The zero-order valence-corrected chi connectivity index (χ0v) is 11.1. The lowest BCUT2D eigenvalue weighted by atomic mass is 10.1. The number of aromatic amines is 1. The molecule has 0 aliphatic heterocycles. The smallest absolute Gasteiger partial charge is 0.354 e. The summed E-state index contributed by atoms with van der Waals surface area (Å²) in [7, 11) is -4.19. The molecule has 0 unspecified atom stereocenters. The molecule has 20 heavy (non-hydrogen) atoms. The van der Waals surface area contributed by atoms with E-state index in [1.807, 2.05) is 0 Å². The van der Waals surface area contributed by atoms with E-state index in [-0.39, 0.29) is 11.1 Å². The highest BCUT2D eigenvalue weighted by molar-refractivity contribution is 7.52. The number of rotatable bonds is 3. The minimum atomic E-state index is -5.61. The lowest BCUT2D eigenvalue weighted by Gasteiger charge is -2.17. The number of benzene rings is 1. The van der Waals surface area contributed by atoms with Crippen LogP contribution in [0.5, 0.6) is 0 Å². The third kappa shape index (κ3) is 2.33. The standard InChI is InChI=1S/C11H11F2N2O4P/c1-14-10(16)9-5-6-4-7(2-3-8(6)15-9)11(12,13)20(17,18)19/h2-5,15H,1H3,(H,14,16)(H2,17,18,19). The Kier molecular flexibility index (Phi) is 3.41. The average Bonchev–Trinajstić information content (AvgIpc) is 2.79. The Bertz CT molecular complexity index is 722. The van der Waals surface area contributed by atoms with Crippen LogP contribution in [0.15, 0.2) is 24.3 Å². The van der Waals surface area contributed by atoms with Crippen molar-refractivity contribution in [3.63, 3.8) is 0 Å². The number of aromatic nitrogens is 1. The van der Waals surface area contributed by atoms with Crippen molar-refractivity contribution >= 4 is 24.4 Å². The molecule has 0 atom stereocenters. The van der Waals surface area contributed by atoms with Crippen LogP contribution in [0.1, 0.15) is 16.1 Å². The lowest BCUT2D eigenvalue weighted by molar-refractivity contribution is 0.0566. The molecule has 9 heteroatoms. The number of amides is 1. The Hall–Kier alpha value is -1.76. The van der Waals surface area contributed by atoms with E-state index in [0.717, 1.165) is 12.1 Å². The van der Waals surface area contributed by atoms with Crippen molar-refractivity contribution in [2.45, 2.75) is 5.66 Å². The SMILES string of the molecule is CNC(=O)c1cc2cc(C(F)(F)P(=O)(O)O)ccc2[nH]1. The molecule has 4 N–H and O–H groups in total. The summed E-state index contributed by atoms with van der Waals surface area (Å²) in [5, 5.41) is 2.63. The molecule has 0 spiro atoms. The first kappa shape index (κ1) is 14.6. The highest BCUT2D eigenvalue weighted by Crippen LogP contribution is 2.59. The number of hydrogen-bond acceptors (Lipinski definition) is 2. The minimum Gasteiger partial charge on any atom is -0.354 e. The highest BCUT2D eigenvalue weighted by Gasteiger charge is 2.50. The topological polar surface area (TPSA) is 102 Å². The van der Waals surface area contributed by atoms with Crippen molar-refractivity contribution in [3.8, 4) is 0 Å². The average molecular weight is 304 g/mol. The first-order valence-corrected chi connectivity index (χ1v) is 7.07. The molecule has 1 aromatic heterocycles. The fourth-order valence-electron chi connectivity index (χ4n) is 1.74. The molecule has 0 aliphatic rings. The molecule has 1 amide bonds. The maximum Gasteiger partial charge on any atom is 0.399 e. The third-order valence-corrected chi connectivity index (χ3v) is 3.80. The molecule has 0 radical (unpaired) electrons. The zero-order valence-electron chi connectivity index (χ0n) is 10.2. The van der Waals surface area contributed by atoms with Gasteiger partial charge < -0.3 is 20.1 Å². The van der Waals surface area contributed by atoms with Crippen molar-refractivity contribution in [3.05, 3.63) is 35.5 Å². The third-order valence-electron chi connectivity index (χ3n) is 2.81. The number of hydrogen-bond donors (Lipinski definition) is 4. The normalized spacial score (nSPS) is 12.7. The first-order chi connectivity index (χ1) is 9.16. The molecule has 0 bridgehead atoms. The number of halogens is 2. The van der Waals surface area contributed by atoms with E-state index in [1.165, 1.54) is 19.2 Å². The monoisotopic (exact) mass is 304 g/mol. The predicted octanol–water partition coefficient (Wildman–Crippen LogP) is 1.75. The van der Waals surface area contributed by atoms with E-state index in [1.54, 1.807) is 0 Å². The van der Waals surface area contributed by atoms with Gasteiger partial charge in [0.15, 0.2) is 0 Å². The molecule has 1 heterocycles. The van der Waals surface area contributed by atoms with E-state index in [0.29, 0.717) is 5.52 Å². The van der Waals surface area contributed by atoms with E-state index >= 15 is 0 Å². The molecule has 0 aliphatic carbocycles. The maximum absolute atomic E-state index is 13.6. The summed E-state index contributed by atoms with van der Waals surface area (Å²) in [5.74, 6) is -0.426. The second-order valence-corrected chi connectivity index (χ2v) is 5.80. The van der Waals surface area contributed by atoms with Gasteiger partial charge in [-0.05, 0) is 18.2 Å². The van der Waals surface area contributed by atoms with Crippen molar-refractivity contribution in [1.82, 2.24) is 10.3 Å². The van der Waals surface area contributed by atoms with Crippen LogP contribution in [0.4, 0.5) is 8.78 Å². The number of alkyl halides is 2. The molecular weight excluding hydrogens is 293 g/mol. The fraction of sp³-hybridized carbons (Fsp3) is 0.182. The van der Waals surface area contributed by atoms with Gasteiger partial charge in [-0.25, -0.2) is 0 Å². The van der Waals surface area contributed by atoms with Gasteiger partial charge in [0.2, 0.25) is 0 Å². The summed E-state index contributed by atoms with van der Waals surface area (Å²) in [6, 6.07) is 4.41. The summed E-state index contributed by atoms with van der Waals surface area (Å²) < 4.78 is 38.0. The minimum absolute atomic E-state index is 0.166. The van der Waals surface area contributed by atoms with Crippen LogP contribution in [0, 0.1) is 0 Å². The largest absolute Gasteiger partial charge is 0.399 e. The van der Waals surface area contributed by atoms with Gasteiger partial charge in [-0.15, -0.1) is 0 Å². The first-order valence-electron chi connectivity index (χ1n) is 5.45. The van der Waals surface area contributed by atoms with Crippen molar-refractivity contribution < 1.29 is 27.9 Å². The number of carbonyl (C=O) groups excluding carboxylic acids is 1. The molecule has 6 nitrogen and oxygen atoms in total. The Balaban J connectivity index is 2.54. The van der Waals surface area contributed by atoms with Crippen LogP contribution >= 0.6 is 7.60 Å². The van der Waals surface area contributed by atoms with E-state index in [4.69, 9.17) is 9.79 Å². The Morgan fingerprint density at radius 2 is 2.00 bits per heavy atom. The quantitative estimate of drug-likeness (QED) is 0.649. The molecule has 2 aromatic rings. The second kappa shape index (κ2) is 4.66. The second-order valence-electron chi connectivity index (χ2n) is 4.15. The maximum atomic E-state index is 13.6. The van der Waals surface area contributed by atoms with Crippen LogP contribution in [0.2, 0.25) is 0 Å². The van der Waals surface area contributed by atoms with Gasteiger partial charge in [-0.3, -0.25) is 9.36 Å². The van der Waals surface area contributed by atoms with Crippen LogP contribution in [-0.2, 0) is 10.2 Å².